The Labute approximate surface area is 154 Å². The van der Waals surface area contributed by atoms with Gasteiger partial charge in [0.15, 0.2) is 6.54 Å². The van der Waals surface area contributed by atoms with E-state index in [-0.39, 0.29) is 18.4 Å². The van der Waals surface area contributed by atoms with Gasteiger partial charge in [-0.25, -0.2) is 0 Å². The maximum absolute atomic E-state index is 12.0. The first-order valence-electron chi connectivity index (χ1n) is 7.35. The molecule has 3 N–H and O–H groups in total. The molecule has 24 heavy (non-hydrogen) atoms. The molecule has 0 saturated carbocycles. The number of likely N-dealkylation sites (N-methyl/N-ethyl adjacent to an activating group) is 1. The zero-order valence-electron chi connectivity index (χ0n) is 13.1. The van der Waals surface area contributed by atoms with Crippen molar-refractivity contribution < 1.29 is 14.5 Å². The van der Waals surface area contributed by atoms with E-state index >= 15 is 0 Å². The Hall–Kier alpha value is -1.89. The molecule has 0 bridgehead atoms. The van der Waals surface area contributed by atoms with Crippen LogP contribution in [-0.2, 0) is 11.3 Å². The topological polar surface area (TPSA) is 62.6 Å². The molecule has 7 heteroatoms. The number of hydrazine groups is 1. The fraction of sp³-hybridized carbons (Fsp3) is 0.176. The van der Waals surface area contributed by atoms with E-state index in [4.69, 9.17) is 11.6 Å². The molecule has 0 aliphatic carbocycles. The summed E-state index contributed by atoms with van der Waals surface area (Å²) in [5.74, 6) is -0.631. The van der Waals surface area contributed by atoms with Crippen molar-refractivity contribution in [1.29, 1.82) is 0 Å². The van der Waals surface area contributed by atoms with Crippen molar-refractivity contribution in [1.82, 2.24) is 10.9 Å². The van der Waals surface area contributed by atoms with E-state index in [0.29, 0.717) is 21.6 Å². The van der Waals surface area contributed by atoms with Gasteiger partial charge in [0.1, 0.15) is 6.54 Å². The van der Waals surface area contributed by atoms with Crippen LogP contribution in [0.5, 0.6) is 0 Å². The van der Waals surface area contributed by atoms with Crippen LogP contribution >= 0.6 is 27.5 Å². The van der Waals surface area contributed by atoms with Gasteiger partial charge >= 0.3 is 0 Å². The lowest BCUT2D eigenvalue weighted by Crippen LogP contribution is -3.09. The number of hydrogen-bond donors (Lipinski definition) is 3. The van der Waals surface area contributed by atoms with Crippen LogP contribution < -0.4 is 15.8 Å². The van der Waals surface area contributed by atoms with E-state index in [0.717, 1.165) is 10.5 Å². The fourth-order valence-electron chi connectivity index (χ4n) is 2.17. The summed E-state index contributed by atoms with van der Waals surface area (Å²) in [6.45, 7) is 0.918. The van der Waals surface area contributed by atoms with Gasteiger partial charge in [-0.05, 0) is 40.2 Å². The van der Waals surface area contributed by atoms with Gasteiger partial charge in [-0.1, -0.05) is 35.9 Å². The molecule has 1 unspecified atom stereocenters. The predicted octanol–water partition coefficient (Wildman–Crippen LogP) is 1.58. The van der Waals surface area contributed by atoms with Crippen LogP contribution in [0.1, 0.15) is 15.9 Å². The molecule has 0 aliphatic rings. The lowest BCUT2D eigenvalue weighted by molar-refractivity contribution is -0.885. The Bertz CT molecular complexity index is 722. The third-order valence-corrected chi connectivity index (χ3v) is 4.26. The van der Waals surface area contributed by atoms with Gasteiger partial charge in [0.05, 0.1) is 12.6 Å². The van der Waals surface area contributed by atoms with E-state index in [9.17, 15) is 9.59 Å². The minimum atomic E-state index is -0.369. The number of carbonyl (C=O) groups is 2. The Morgan fingerprint density at radius 3 is 2.42 bits per heavy atom. The zero-order chi connectivity index (χ0) is 17.5. The summed E-state index contributed by atoms with van der Waals surface area (Å²) >= 11 is 9.15. The van der Waals surface area contributed by atoms with E-state index < -0.39 is 0 Å². The standard InChI is InChI=1S/C17H17BrClN3O2/c1-22(10-12-6-8-13(19)9-7-12)11-16(23)20-21-17(24)14-4-2-3-5-15(14)18/h2-9H,10-11H2,1H3,(H,20,23)(H,21,24)/p+1. The highest BCUT2D eigenvalue weighted by atomic mass is 79.9. The number of quaternary nitrogens is 1. The first kappa shape index (κ1) is 18.4. The van der Waals surface area contributed by atoms with Crippen molar-refractivity contribution in [2.45, 2.75) is 6.54 Å². The van der Waals surface area contributed by atoms with E-state index in [2.05, 4.69) is 26.8 Å². The number of halogens is 2. The van der Waals surface area contributed by atoms with E-state index in [1.807, 2.05) is 37.4 Å². The summed E-state index contributed by atoms with van der Waals surface area (Å²) in [6, 6.07) is 14.5. The zero-order valence-corrected chi connectivity index (χ0v) is 15.4. The maximum atomic E-state index is 12.0. The molecule has 0 aliphatic heterocycles. The number of nitrogens with one attached hydrogen (secondary N) is 3. The van der Waals surface area contributed by atoms with Crippen LogP contribution in [-0.4, -0.2) is 25.4 Å². The number of amides is 2. The SMILES string of the molecule is C[NH+](CC(=O)NNC(=O)c1ccccc1Br)Cc1ccc(Cl)cc1. The number of benzene rings is 2. The summed E-state index contributed by atoms with van der Waals surface area (Å²) in [5, 5.41) is 0.684. The second kappa shape index (κ2) is 8.82. The molecule has 0 spiro atoms. The molecule has 2 aromatic carbocycles. The Kier molecular flexibility index (Phi) is 6.78. The summed E-state index contributed by atoms with van der Waals surface area (Å²) < 4.78 is 0.669. The van der Waals surface area contributed by atoms with Crippen LogP contribution in [0.25, 0.3) is 0 Å². The summed E-state index contributed by atoms with van der Waals surface area (Å²) in [5.41, 5.74) is 6.39. The molecule has 0 heterocycles. The molecule has 2 aromatic rings. The van der Waals surface area contributed by atoms with Gasteiger partial charge in [0.2, 0.25) is 0 Å². The molecule has 5 nitrogen and oxygen atoms in total. The number of carbonyl (C=O) groups excluding carboxylic acids is 2. The van der Waals surface area contributed by atoms with Gasteiger partial charge in [0.25, 0.3) is 11.8 Å². The van der Waals surface area contributed by atoms with Crippen molar-refractivity contribution in [3.05, 3.63) is 69.2 Å². The molecule has 0 fully saturated rings. The molecular formula is C17H18BrClN3O2+. The third-order valence-electron chi connectivity index (χ3n) is 3.32. The molecule has 0 aromatic heterocycles. The second-order valence-electron chi connectivity index (χ2n) is 5.42. The molecular weight excluding hydrogens is 394 g/mol. The van der Waals surface area contributed by atoms with Gasteiger partial charge < -0.3 is 4.90 Å². The van der Waals surface area contributed by atoms with Crippen LogP contribution in [0, 0.1) is 0 Å². The molecule has 2 amide bonds. The summed E-state index contributed by atoms with van der Waals surface area (Å²) in [7, 11) is 1.91. The van der Waals surface area contributed by atoms with Gasteiger partial charge in [-0.15, -0.1) is 0 Å². The van der Waals surface area contributed by atoms with Crippen molar-refractivity contribution in [3.8, 4) is 0 Å². The normalized spacial score (nSPS) is 11.6. The minimum absolute atomic E-state index is 0.235. The van der Waals surface area contributed by atoms with Crippen LogP contribution in [0.3, 0.4) is 0 Å². The van der Waals surface area contributed by atoms with Crippen molar-refractivity contribution >= 4 is 39.3 Å². The van der Waals surface area contributed by atoms with Gasteiger partial charge in [0, 0.05) is 15.1 Å². The van der Waals surface area contributed by atoms with Crippen LogP contribution in [0.15, 0.2) is 53.0 Å². The molecule has 2 rings (SSSR count). The molecule has 1 atom stereocenters. The molecule has 126 valence electrons. The van der Waals surface area contributed by atoms with Crippen molar-refractivity contribution in [2.75, 3.05) is 13.6 Å². The van der Waals surface area contributed by atoms with Gasteiger partial charge in [-0.3, -0.25) is 20.4 Å². The molecule has 0 radical (unpaired) electrons. The van der Waals surface area contributed by atoms with Crippen molar-refractivity contribution in [3.63, 3.8) is 0 Å². The predicted molar refractivity (Wildman–Crippen MR) is 96.7 cm³/mol. The highest BCUT2D eigenvalue weighted by molar-refractivity contribution is 9.10. The quantitative estimate of drug-likeness (QED) is 0.654. The molecule has 0 saturated heterocycles. The lowest BCUT2D eigenvalue weighted by atomic mass is 10.2. The highest BCUT2D eigenvalue weighted by Gasteiger charge is 2.13. The Balaban J connectivity index is 1.79. The Morgan fingerprint density at radius 1 is 1.08 bits per heavy atom. The van der Waals surface area contributed by atoms with E-state index in [1.165, 1.54) is 0 Å². The lowest BCUT2D eigenvalue weighted by Gasteiger charge is -2.14. The second-order valence-corrected chi connectivity index (χ2v) is 6.71. The van der Waals surface area contributed by atoms with Crippen LogP contribution in [0.4, 0.5) is 0 Å². The monoisotopic (exact) mass is 410 g/mol. The number of hydrogen-bond acceptors (Lipinski definition) is 2. The fourth-order valence-corrected chi connectivity index (χ4v) is 2.76. The van der Waals surface area contributed by atoms with Gasteiger partial charge in [-0.2, -0.15) is 0 Å². The van der Waals surface area contributed by atoms with Crippen LogP contribution in [0.2, 0.25) is 5.02 Å². The minimum Gasteiger partial charge on any atom is -0.326 e. The summed E-state index contributed by atoms with van der Waals surface area (Å²) in [6.07, 6.45) is 0. The average Bonchev–Trinajstić information content (AvgIpc) is 2.55. The highest BCUT2D eigenvalue weighted by Crippen LogP contribution is 2.15. The largest absolute Gasteiger partial charge is 0.326 e. The first-order chi connectivity index (χ1) is 11.5. The summed E-state index contributed by atoms with van der Waals surface area (Å²) in [4.78, 5) is 24.9. The van der Waals surface area contributed by atoms with Crippen molar-refractivity contribution in [2.24, 2.45) is 0 Å². The average molecular weight is 412 g/mol. The number of rotatable bonds is 5. The Morgan fingerprint density at radius 2 is 1.75 bits per heavy atom. The van der Waals surface area contributed by atoms with E-state index in [1.54, 1.807) is 18.2 Å². The first-order valence-corrected chi connectivity index (χ1v) is 8.52. The smallest absolute Gasteiger partial charge is 0.293 e. The third kappa shape index (κ3) is 5.63. The maximum Gasteiger partial charge on any atom is 0.293 e.